The van der Waals surface area contributed by atoms with Crippen molar-refractivity contribution in [1.82, 2.24) is 15.8 Å². The highest BCUT2D eigenvalue weighted by Gasteiger charge is 2.03. The van der Waals surface area contributed by atoms with E-state index in [0.29, 0.717) is 12.1 Å². The summed E-state index contributed by atoms with van der Waals surface area (Å²) in [5.41, 5.74) is 7.14. The highest BCUT2D eigenvalue weighted by molar-refractivity contribution is 5.93. The third-order valence-electron chi connectivity index (χ3n) is 2.26. The minimum atomic E-state index is -0.186. The van der Waals surface area contributed by atoms with Crippen LogP contribution in [0, 0.1) is 0 Å². The molecule has 0 radical (unpaired) electrons. The predicted octanol–water partition coefficient (Wildman–Crippen LogP) is 1.52. The van der Waals surface area contributed by atoms with Crippen molar-refractivity contribution in [2.45, 2.75) is 6.54 Å². The molecule has 1 heterocycles. The molecule has 0 saturated carbocycles. The number of carbonyl (C=O) groups is 1. The van der Waals surface area contributed by atoms with E-state index >= 15 is 0 Å². The fourth-order valence-electron chi connectivity index (χ4n) is 1.39. The lowest BCUT2D eigenvalue weighted by Crippen LogP contribution is -2.36. The maximum atomic E-state index is 11.6. The second-order valence-electron chi connectivity index (χ2n) is 3.53. The SMILES string of the molecule is O=C(NNCc1ccccc1)c1cccnc1. The van der Waals surface area contributed by atoms with Gasteiger partial charge in [0.25, 0.3) is 5.91 Å². The van der Waals surface area contributed by atoms with E-state index in [1.165, 1.54) is 6.20 Å². The third-order valence-corrected chi connectivity index (χ3v) is 2.26. The molecule has 2 N–H and O–H groups in total. The van der Waals surface area contributed by atoms with Crippen LogP contribution in [0.25, 0.3) is 0 Å². The number of hydrogen-bond acceptors (Lipinski definition) is 3. The summed E-state index contributed by atoms with van der Waals surface area (Å²) in [4.78, 5) is 15.5. The molecule has 0 bridgehead atoms. The van der Waals surface area contributed by atoms with Gasteiger partial charge in [-0.15, -0.1) is 0 Å². The van der Waals surface area contributed by atoms with Crippen molar-refractivity contribution in [2.75, 3.05) is 0 Å². The molecule has 86 valence electrons. The second-order valence-corrected chi connectivity index (χ2v) is 3.53. The predicted molar refractivity (Wildman–Crippen MR) is 65.0 cm³/mol. The van der Waals surface area contributed by atoms with Gasteiger partial charge in [-0.05, 0) is 17.7 Å². The molecule has 0 aliphatic rings. The van der Waals surface area contributed by atoms with Gasteiger partial charge in [0.2, 0.25) is 0 Å². The van der Waals surface area contributed by atoms with Gasteiger partial charge in [0.15, 0.2) is 0 Å². The first-order valence-corrected chi connectivity index (χ1v) is 5.33. The summed E-state index contributed by atoms with van der Waals surface area (Å²) in [6.07, 6.45) is 3.16. The number of rotatable bonds is 4. The van der Waals surface area contributed by atoms with E-state index in [1.807, 2.05) is 30.3 Å². The Morgan fingerprint density at radius 1 is 1.12 bits per heavy atom. The first-order chi connectivity index (χ1) is 8.36. The Kier molecular flexibility index (Phi) is 3.83. The van der Waals surface area contributed by atoms with Gasteiger partial charge >= 0.3 is 0 Å². The maximum absolute atomic E-state index is 11.6. The standard InChI is InChI=1S/C13H13N3O/c17-13(12-7-4-8-14-10-12)16-15-9-11-5-2-1-3-6-11/h1-8,10,15H,9H2,(H,16,17). The first-order valence-electron chi connectivity index (χ1n) is 5.33. The summed E-state index contributed by atoms with van der Waals surface area (Å²) in [6.45, 7) is 0.590. The molecule has 1 aromatic carbocycles. The molecule has 4 nitrogen and oxygen atoms in total. The van der Waals surface area contributed by atoms with Crippen LogP contribution < -0.4 is 10.9 Å². The monoisotopic (exact) mass is 227 g/mol. The van der Waals surface area contributed by atoms with E-state index < -0.39 is 0 Å². The van der Waals surface area contributed by atoms with Gasteiger partial charge in [0, 0.05) is 18.9 Å². The summed E-state index contributed by atoms with van der Waals surface area (Å²) in [6, 6.07) is 13.3. The highest BCUT2D eigenvalue weighted by atomic mass is 16.2. The number of hydrogen-bond donors (Lipinski definition) is 2. The molecule has 2 aromatic rings. The number of nitrogens with one attached hydrogen (secondary N) is 2. The Bertz CT molecular complexity index is 471. The van der Waals surface area contributed by atoms with Crippen molar-refractivity contribution >= 4 is 5.91 Å². The lowest BCUT2D eigenvalue weighted by Gasteiger charge is -2.06. The molecule has 0 atom stereocenters. The lowest BCUT2D eigenvalue weighted by atomic mass is 10.2. The van der Waals surface area contributed by atoms with Crippen LogP contribution in [0.5, 0.6) is 0 Å². The average molecular weight is 227 g/mol. The smallest absolute Gasteiger partial charge is 0.266 e. The number of carbonyl (C=O) groups excluding carboxylic acids is 1. The summed E-state index contributed by atoms with van der Waals surface area (Å²) >= 11 is 0. The second kappa shape index (κ2) is 5.77. The lowest BCUT2D eigenvalue weighted by molar-refractivity contribution is 0.0932. The zero-order valence-electron chi connectivity index (χ0n) is 9.26. The van der Waals surface area contributed by atoms with Gasteiger partial charge in [-0.2, -0.15) is 0 Å². The van der Waals surface area contributed by atoms with Crippen LogP contribution in [0.1, 0.15) is 15.9 Å². The van der Waals surface area contributed by atoms with Crippen LogP contribution >= 0.6 is 0 Å². The maximum Gasteiger partial charge on any atom is 0.266 e. The van der Waals surface area contributed by atoms with Crippen LogP contribution in [0.4, 0.5) is 0 Å². The van der Waals surface area contributed by atoms with E-state index in [4.69, 9.17) is 0 Å². The van der Waals surface area contributed by atoms with Crippen LogP contribution in [-0.4, -0.2) is 10.9 Å². The topological polar surface area (TPSA) is 54.0 Å². The summed E-state index contributed by atoms with van der Waals surface area (Å²) in [5, 5.41) is 0. The number of amides is 1. The van der Waals surface area contributed by atoms with E-state index in [0.717, 1.165) is 5.56 Å². The minimum absolute atomic E-state index is 0.186. The zero-order chi connectivity index (χ0) is 11.9. The largest absolute Gasteiger partial charge is 0.287 e. The molecule has 0 unspecified atom stereocenters. The van der Waals surface area contributed by atoms with Crippen molar-refractivity contribution in [3.05, 3.63) is 66.0 Å². The van der Waals surface area contributed by atoms with Crippen molar-refractivity contribution in [3.8, 4) is 0 Å². The quantitative estimate of drug-likeness (QED) is 0.778. The number of hydrazine groups is 1. The minimum Gasteiger partial charge on any atom is -0.287 e. The normalized spacial score (nSPS) is 9.88. The summed E-state index contributed by atoms with van der Waals surface area (Å²) < 4.78 is 0. The van der Waals surface area contributed by atoms with E-state index in [-0.39, 0.29) is 5.91 Å². The molecule has 1 aromatic heterocycles. The number of nitrogens with zero attached hydrogens (tertiary/aromatic N) is 1. The Morgan fingerprint density at radius 2 is 1.94 bits per heavy atom. The van der Waals surface area contributed by atoms with Gasteiger partial charge in [0.1, 0.15) is 0 Å². The van der Waals surface area contributed by atoms with Crippen LogP contribution in [0.2, 0.25) is 0 Å². The van der Waals surface area contributed by atoms with Gasteiger partial charge in [-0.25, -0.2) is 5.43 Å². The molecule has 1 amide bonds. The van der Waals surface area contributed by atoms with Crippen LogP contribution in [0.15, 0.2) is 54.9 Å². The average Bonchev–Trinajstić information content (AvgIpc) is 2.41. The van der Waals surface area contributed by atoms with Crippen LogP contribution in [0.3, 0.4) is 0 Å². The Morgan fingerprint density at radius 3 is 2.65 bits per heavy atom. The Hall–Kier alpha value is -2.20. The summed E-state index contributed by atoms with van der Waals surface area (Å²) in [7, 11) is 0. The van der Waals surface area contributed by atoms with Crippen molar-refractivity contribution in [1.29, 1.82) is 0 Å². The molecule has 17 heavy (non-hydrogen) atoms. The molecule has 4 heteroatoms. The highest BCUT2D eigenvalue weighted by Crippen LogP contribution is 1.97. The first kappa shape index (κ1) is 11.3. The van der Waals surface area contributed by atoms with Crippen molar-refractivity contribution in [2.24, 2.45) is 0 Å². The fraction of sp³-hybridized carbons (Fsp3) is 0.0769. The van der Waals surface area contributed by atoms with Gasteiger partial charge in [0.05, 0.1) is 5.56 Å². The molecular formula is C13H13N3O. The number of benzene rings is 1. The number of pyridine rings is 1. The van der Waals surface area contributed by atoms with E-state index in [1.54, 1.807) is 18.3 Å². The van der Waals surface area contributed by atoms with Crippen molar-refractivity contribution < 1.29 is 4.79 Å². The Balaban J connectivity index is 1.82. The molecule has 0 aliphatic carbocycles. The van der Waals surface area contributed by atoms with Crippen LogP contribution in [-0.2, 0) is 6.54 Å². The van der Waals surface area contributed by atoms with Gasteiger partial charge in [-0.1, -0.05) is 30.3 Å². The molecule has 2 rings (SSSR count). The van der Waals surface area contributed by atoms with Gasteiger partial charge in [-0.3, -0.25) is 15.2 Å². The molecule has 0 spiro atoms. The number of aromatic nitrogens is 1. The van der Waals surface area contributed by atoms with E-state index in [2.05, 4.69) is 15.8 Å². The zero-order valence-corrected chi connectivity index (χ0v) is 9.26. The van der Waals surface area contributed by atoms with Gasteiger partial charge < -0.3 is 0 Å². The molecule has 0 saturated heterocycles. The fourth-order valence-corrected chi connectivity index (χ4v) is 1.39. The molecular weight excluding hydrogens is 214 g/mol. The van der Waals surface area contributed by atoms with Crippen molar-refractivity contribution in [3.63, 3.8) is 0 Å². The molecule has 0 aliphatic heterocycles. The third kappa shape index (κ3) is 3.39. The summed E-state index contributed by atoms with van der Waals surface area (Å²) in [5.74, 6) is -0.186. The molecule has 0 fully saturated rings. The van der Waals surface area contributed by atoms with E-state index in [9.17, 15) is 4.79 Å². The Labute approximate surface area is 99.7 Å².